The summed E-state index contributed by atoms with van der Waals surface area (Å²) in [5, 5.41) is 19.7. The highest BCUT2D eigenvalue weighted by atomic mass is 16.6. The van der Waals surface area contributed by atoms with E-state index in [9.17, 15) is 19.8 Å². The maximum absolute atomic E-state index is 12.7. The number of aromatic nitrogens is 1. The Labute approximate surface area is 225 Å². The zero-order chi connectivity index (χ0) is 27.8. The van der Waals surface area contributed by atoms with Gasteiger partial charge in [-0.15, -0.1) is 0 Å². The van der Waals surface area contributed by atoms with Crippen LogP contribution in [0.2, 0.25) is 0 Å². The third-order valence-corrected chi connectivity index (χ3v) is 5.70. The van der Waals surface area contributed by atoms with Gasteiger partial charge < -0.3 is 28.8 Å². The average molecular weight is 533 g/mol. The van der Waals surface area contributed by atoms with E-state index in [1.54, 1.807) is 55.5 Å². The molecule has 4 aromatic rings. The Morgan fingerprint density at radius 2 is 1.59 bits per heavy atom. The van der Waals surface area contributed by atoms with Crippen molar-refractivity contribution in [1.29, 1.82) is 0 Å². The number of methoxy groups -OCH3 is 1. The molecule has 3 aromatic carbocycles. The van der Waals surface area contributed by atoms with Crippen LogP contribution in [0.3, 0.4) is 0 Å². The Morgan fingerprint density at radius 3 is 2.23 bits per heavy atom. The van der Waals surface area contributed by atoms with E-state index < -0.39 is 24.9 Å². The number of hydrogen-bond acceptors (Lipinski definition) is 8. The van der Waals surface area contributed by atoms with Crippen LogP contribution in [-0.2, 0) is 17.8 Å². The topological polar surface area (TPSA) is 132 Å². The molecular formula is C29H28N2O8. The smallest absolute Gasteiger partial charge is 0.416 e. The fourth-order valence-corrected chi connectivity index (χ4v) is 3.74. The van der Waals surface area contributed by atoms with E-state index >= 15 is 0 Å². The van der Waals surface area contributed by atoms with Gasteiger partial charge in [0.1, 0.15) is 29.6 Å². The fraction of sp³-hybridized carbons (Fsp3) is 0.207. The van der Waals surface area contributed by atoms with Gasteiger partial charge in [-0.1, -0.05) is 30.3 Å². The Balaban J connectivity index is 1.35. The number of aliphatic carboxylic acids is 1. The fourth-order valence-electron chi connectivity index (χ4n) is 3.74. The standard InChI is InChI=1S/C29H28N2O8/c1-19-25(30-28(37-19)21-6-4-3-5-7-21)16-27(34)38-23-10-8-20(9-11-23)17-31(18-26(32)33)29(35)39-24-14-12-22(36-2)13-15-24/h3-15,27,34H,16-18H2,1-2H3,(H,32,33). The number of hydrogen-bond donors (Lipinski definition) is 2. The second kappa shape index (κ2) is 12.6. The molecule has 1 heterocycles. The lowest BCUT2D eigenvalue weighted by Crippen LogP contribution is -2.37. The van der Waals surface area contributed by atoms with E-state index in [4.69, 9.17) is 18.6 Å². The molecule has 39 heavy (non-hydrogen) atoms. The molecule has 0 saturated carbocycles. The van der Waals surface area contributed by atoms with Crippen molar-refractivity contribution in [2.45, 2.75) is 26.2 Å². The van der Waals surface area contributed by atoms with Crippen molar-refractivity contribution in [1.82, 2.24) is 9.88 Å². The van der Waals surface area contributed by atoms with Crippen LogP contribution < -0.4 is 14.2 Å². The van der Waals surface area contributed by atoms with Crippen LogP contribution in [0, 0.1) is 6.92 Å². The monoisotopic (exact) mass is 532 g/mol. The number of amides is 1. The summed E-state index contributed by atoms with van der Waals surface area (Å²) >= 11 is 0. The molecule has 0 radical (unpaired) electrons. The third kappa shape index (κ3) is 7.59. The van der Waals surface area contributed by atoms with Crippen molar-refractivity contribution in [3.8, 4) is 28.7 Å². The first-order valence-electron chi connectivity index (χ1n) is 12.1. The van der Waals surface area contributed by atoms with Crippen LogP contribution in [0.5, 0.6) is 17.2 Å². The van der Waals surface area contributed by atoms with Gasteiger partial charge in [-0.05, 0) is 61.0 Å². The molecule has 1 unspecified atom stereocenters. The van der Waals surface area contributed by atoms with Gasteiger partial charge in [0, 0.05) is 12.1 Å². The van der Waals surface area contributed by atoms with Crippen LogP contribution in [0.15, 0.2) is 83.3 Å². The van der Waals surface area contributed by atoms with E-state index in [-0.39, 0.29) is 18.7 Å². The number of nitrogens with zero attached hydrogens (tertiary/aromatic N) is 2. The van der Waals surface area contributed by atoms with E-state index in [1.807, 2.05) is 30.3 Å². The van der Waals surface area contributed by atoms with Crippen molar-refractivity contribution in [3.05, 3.63) is 95.9 Å². The van der Waals surface area contributed by atoms with Crippen LogP contribution in [0.1, 0.15) is 17.0 Å². The summed E-state index contributed by atoms with van der Waals surface area (Å²) in [7, 11) is 1.52. The van der Waals surface area contributed by atoms with Gasteiger partial charge in [0.05, 0.1) is 19.2 Å². The van der Waals surface area contributed by atoms with Gasteiger partial charge >= 0.3 is 12.1 Å². The van der Waals surface area contributed by atoms with Gasteiger partial charge in [0.25, 0.3) is 0 Å². The lowest BCUT2D eigenvalue weighted by Gasteiger charge is -2.20. The number of aryl methyl sites for hydroxylation is 1. The van der Waals surface area contributed by atoms with Crippen molar-refractivity contribution in [2.75, 3.05) is 13.7 Å². The van der Waals surface area contributed by atoms with Crippen molar-refractivity contribution in [3.63, 3.8) is 0 Å². The van der Waals surface area contributed by atoms with Gasteiger partial charge in [-0.2, -0.15) is 0 Å². The molecule has 0 aliphatic carbocycles. The molecular weight excluding hydrogens is 504 g/mol. The minimum atomic E-state index is -1.18. The van der Waals surface area contributed by atoms with Crippen LogP contribution in [-0.4, -0.2) is 52.1 Å². The number of aliphatic hydroxyl groups is 1. The van der Waals surface area contributed by atoms with E-state index in [1.165, 1.54) is 7.11 Å². The van der Waals surface area contributed by atoms with E-state index in [0.717, 1.165) is 10.5 Å². The summed E-state index contributed by atoms with van der Waals surface area (Å²) in [6.45, 7) is 1.22. The molecule has 0 aliphatic heterocycles. The summed E-state index contributed by atoms with van der Waals surface area (Å²) in [5.74, 6) is 1.12. The number of rotatable bonds is 11. The van der Waals surface area contributed by atoms with Crippen LogP contribution in [0.25, 0.3) is 11.5 Å². The number of benzene rings is 3. The minimum Gasteiger partial charge on any atom is -0.497 e. The van der Waals surface area contributed by atoms with Gasteiger partial charge in [0.15, 0.2) is 0 Å². The second-order valence-corrected chi connectivity index (χ2v) is 8.60. The van der Waals surface area contributed by atoms with E-state index in [2.05, 4.69) is 4.98 Å². The maximum Gasteiger partial charge on any atom is 0.416 e. The number of carbonyl (C=O) groups is 2. The first kappa shape index (κ1) is 27.2. The van der Waals surface area contributed by atoms with Crippen molar-refractivity contribution < 1.29 is 38.4 Å². The molecule has 0 fully saturated rings. The number of carboxylic acids is 1. The zero-order valence-electron chi connectivity index (χ0n) is 21.4. The Kier molecular flexibility index (Phi) is 8.80. The Hall–Kier alpha value is -4.83. The summed E-state index contributed by atoms with van der Waals surface area (Å²) in [4.78, 5) is 29.5. The summed E-state index contributed by atoms with van der Waals surface area (Å²) < 4.78 is 21.7. The highest BCUT2D eigenvalue weighted by molar-refractivity contribution is 5.78. The molecule has 0 saturated heterocycles. The minimum absolute atomic E-state index is 0.00941. The third-order valence-electron chi connectivity index (χ3n) is 5.70. The molecule has 2 N–H and O–H groups in total. The molecule has 202 valence electrons. The van der Waals surface area contributed by atoms with Crippen LogP contribution >= 0.6 is 0 Å². The molecule has 10 heteroatoms. The number of aliphatic hydroxyl groups excluding tert-OH is 1. The maximum atomic E-state index is 12.7. The first-order valence-corrected chi connectivity index (χ1v) is 12.1. The highest BCUT2D eigenvalue weighted by Crippen LogP contribution is 2.23. The quantitative estimate of drug-likeness (QED) is 0.264. The second-order valence-electron chi connectivity index (χ2n) is 8.60. The van der Waals surface area contributed by atoms with E-state index in [0.29, 0.717) is 34.4 Å². The molecule has 10 nitrogen and oxygen atoms in total. The van der Waals surface area contributed by atoms with Gasteiger partial charge in [-0.3, -0.25) is 9.69 Å². The van der Waals surface area contributed by atoms with Gasteiger partial charge in [-0.25, -0.2) is 9.78 Å². The largest absolute Gasteiger partial charge is 0.497 e. The summed E-state index contributed by atoms with van der Waals surface area (Å²) in [6, 6.07) is 22.4. The molecule has 1 amide bonds. The van der Waals surface area contributed by atoms with Crippen molar-refractivity contribution >= 4 is 12.1 Å². The Bertz CT molecular complexity index is 1390. The number of carboxylic acid groups (broad SMARTS) is 1. The molecule has 0 bridgehead atoms. The average Bonchev–Trinajstić information content (AvgIpc) is 3.29. The molecule has 1 atom stereocenters. The predicted molar refractivity (Wildman–Crippen MR) is 141 cm³/mol. The zero-order valence-corrected chi connectivity index (χ0v) is 21.4. The lowest BCUT2D eigenvalue weighted by molar-refractivity contribution is -0.138. The SMILES string of the molecule is COc1ccc(OC(=O)N(CC(=O)O)Cc2ccc(OC(O)Cc3nc(-c4ccccc4)oc3C)cc2)cc1. The normalized spacial score (nSPS) is 11.5. The Morgan fingerprint density at radius 1 is 0.949 bits per heavy atom. The summed E-state index contributed by atoms with van der Waals surface area (Å²) in [5.41, 5.74) is 2.06. The molecule has 1 aromatic heterocycles. The molecule has 0 aliphatic rings. The number of oxazole rings is 1. The molecule has 4 rings (SSSR count). The highest BCUT2D eigenvalue weighted by Gasteiger charge is 2.20. The lowest BCUT2D eigenvalue weighted by atomic mass is 10.2. The molecule has 0 spiro atoms. The predicted octanol–water partition coefficient (Wildman–Crippen LogP) is 4.68. The number of ether oxygens (including phenoxy) is 3. The van der Waals surface area contributed by atoms with Crippen molar-refractivity contribution in [2.24, 2.45) is 0 Å². The first-order chi connectivity index (χ1) is 18.8. The summed E-state index contributed by atoms with van der Waals surface area (Å²) in [6.07, 6.45) is -1.87. The van der Waals surface area contributed by atoms with Crippen LogP contribution in [0.4, 0.5) is 4.79 Å². The number of carbonyl (C=O) groups excluding carboxylic acids is 1. The van der Waals surface area contributed by atoms with Gasteiger partial charge in [0.2, 0.25) is 12.2 Å².